The first-order chi connectivity index (χ1) is 3.91. The predicted octanol–water partition coefficient (Wildman–Crippen LogP) is 0.993. The van der Waals surface area contributed by atoms with E-state index in [4.69, 9.17) is 6.42 Å². The maximum atomic E-state index is 6.35. The van der Waals surface area contributed by atoms with Gasteiger partial charge in [-0.2, -0.15) is 0 Å². The minimum atomic E-state index is 0.812. The summed E-state index contributed by atoms with van der Waals surface area (Å²) >= 11 is 0. The van der Waals surface area contributed by atoms with E-state index >= 15 is 0 Å². The first kappa shape index (κ1) is 6.68. The Morgan fingerprint density at radius 3 is 2.50 bits per heavy atom. The Bertz CT molecular complexity index is 194. The molecule has 0 rings (SSSR count). The Labute approximate surface area is 50.3 Å². The molecule has 0 heteroatoms. The van der Waals surface area contributed by atoms with E-state index in [2.05, 4.69) is 23.7 Å². The molecule has 0 saturated carbocycles. The van der Waals surface area contributed by atoms with Gasteiger partial charge in [0.05, 0.1) is 0 Å². The predicted molar refractivity (Wildman–Crippen MR) is 33.0 cm³/mol. The van der Waals surface area contributed by atoms with E-state index < -0.39 is 0 Å². The first-order valence-corrected chi connectivity index (χ1v) is 2.31. The van der Waals surface area contributed by atoms with Gasteiger partial charge in [0.15, 0.2) is 0 Å². The lowest BCUT2D eigenvalue weighted by molar-refractivity contribution is 1.28. The monoisotopic (exact) mass is 101 g/mol. The van der Waals surface area contributed by atoms with E-state index in [1.54, 1.807) is 0 Å². The van der Waals surface area contributed by atoms with Crippen LogP contribution in [0.5, 0.6) is 0 Å². The standard InChI is InChI=1S/C8H5/c1-3-5-7-8-6-4-2/h3H2,1H3. The molecule has 0 amide bonds. The Morgan fingerprint density at radius 2 is 2.00 bits per heavy atom. The third kappa shape index (κ3) is 4.68. The zero-order chi connectivity index (χ0) is 6.24. The molecule has 1 radical (unpaired) electrons. The Kier molecular flexibility index (Phi) is 4.74. The molecule has 0 atom stereocenters. The third-order valence-electron chi connectivity index (χ3n) is 0.453. The summed E-state index contributed by atoms with van der Waals surface area (Å²) in [6, 6.07) is 0. The third-order valence-corrected chi connectivity index (χ3v) is 0.453. The minimum absolute atomic E-state index is 0.812. The van der Waals surface area contributed by atoms with Gasteiger partial charge >= 0.3 is 0 Å². The summed E-state index contributed by atoms with van der Waals surface area (Å²) in [5.74, 6) is 11.9. The number of hydrogen-bond donors (Lipinski definition) is 0. The lowest BCUT2D eigenvalue weighted by Crippen LogP contribution is -1.51. The smallest absolute Gasteiger partial charge is 0.00704 e. The molecular weight excluding hydrogens is 96.1 g/mol. The average Bonchev–Trinajstić information content (AvgIpc) is 1.81. The van der Waals surface area contributed by atoms with Crippen LogP contribution in [0.4, 0.5) is 0 Å². The molecule has 0 fully saturated rings. The molecule has 0 bridgehead atoms. The average molecular weight is 101 g/mol. The summed E-state index contributed by atoms with van der Waals surface area (Å²) in [5, 5.41) is 0. The van der Waals surface area contributed by atoms with Crippen LogP contribution in [0.3, 0.4) is 0 Å². The Balaban J connectivity index is 3.61. The van der Waals surface area contributed by atoms with Crippen LogP contribution in [0.15, 0.2) is 0 Å². The van der Waals surface area contributed by atoms with Crippen molar-refractivity contribution in [2.75, 3.05) is 0 Å². The van der Waals surface area contributed by atoms with E-state index in [0.717, 1.165) is 6.42 Å². The second-order valence-corrected chi connectivity index (χ2v) is 1.03. The van der Waals surface area contributed by atoms with E-state index in [1.807, 2.05) is 12.8 Å². The van der Waals surface area contributed by atoms with Gasteiger partial charge in [-0.15, -0.1) is 0 Å². The van der Waals surface area contributed by atoms with Gasteiger partial charge in [0.25, 0.3) is 0 Å². The summed E-state index contributed by atoms with van der Waals surface area (Å²) in [4.78, 5) is 0. The molecule has 0 unspecified atom stereocenters. The van der Waals surface area contributed by atoms with Crippen LogP contribution in [0, 0.1) is 36.0 Å². The highest BCUT2D eigenvalue weighted by Crippen LogP contribution is 1.63. The first-order valence-electron chi connectivity index (χ1n) is 2.31. The van der Waals surface area contributed by atoms with Crippen LogP contribution in [0.25, 0.3) is 0 Å². The highest BCUT2D eigenvalue weighted by molar-refractivity contribution is 5.32. The summed E-state index contributed by atoms with van der Waals surface area (Å²) in [6.07, 6.45) is 7.16. The van der Waals surface area contributed by atoms with Crippen molar-refractivity contribution in [1.82, 2.24) is 0 Å². The van der Waals surface area contributed by atoms with Crippen molar-refractivity contribution in [3.05, 3.63) is 6.42 Å². The van der Waals surface area contributed by atoms with Crippen molar-refractivity contribution in [2.24, 2.45) is 0 Å². The van der Waals surface area contributed by atoms with E-state index in [-0.39, 0.29) is 0 Å². The van der Waals surface area contributed by atoms with Crippen LogP contribution in [-0.4, -0.2) is 0 Å². The molecule has 0 aromatic heterocycles. The molecule has 0 aromatic carbocycles. The van der Waals surface area contributed by atoms with Crippen molar-refractivity contribution in [3.8, 4) is 29.6 Å². The second-order valence-electron chi connectivity index (χ2n) is 1.03. The number of hydrogen-bond acceptors (Lipinski definition) is 0. The molecule has 0 aliphatic carbocycles. The zero-order valence-corrected chi connectivity index (χ0v) is 4.71. The SMILES string of the molecule is [C]#CC#CC#CCC. The van der Waals surface area contributed by atoms with Crippen LogP contribution in [0.2, 0.25) is 0 Å². The molecule has 0 aromatic rings. The molecule has 0 heterocycles. The minimum Gasteiger partial charge on any atom is -0.0894 e. The fourth-order valence-corrected chi connectivity index (χ4v) is 0.195. The van der Waals surface area contributed by atoms with Gasteiger partial charge in [-0.05, 0) is 30.1 Å². The lowest BCUT2D eigenvalue weighted by Gasteiger charge is -1.59. The molecule has 37 valence electrons. The van der Waals surface area contributed by atoms with Crippen molar-refractivity contribution in [2.45, 2.75) is 13.3 Å². The fraction of sp³-hybridized carbons (Fsp3) is 0.250. The highest BCUT2D eigenvalue weighted by Gasteiger charge is 1.54. The second kappa shape index (κ2) is 5.68. The lowest BCUT2D eigenvalue weighted by atomic mass is 10.4. The van der Waals surface area contributed by atoms with Crippen LogP contribution in [-0.2, 0) is 0 Å². The van der Waals surface area contributed by atoms with Crippen LogP contribution in [0.1, 0.15) is 13.3 Å². The van der Waals surface area contributed by atoms with Crippen LogP contribution < -0.4 is 0 Å². The molecule has 0 nitrogen and oxygen atoms in total. The van der Waals surface area contributed by atoms with Crippen molar-refractivity contribution in [3.63, 3.8) is 0 Å². The van der Waals surface area contributed by atoms with Crippen molar-refractivity contribution in [1.29, 1.82) is 0 Å². The largest absolute Gasteiger partial charge is 0.0894 e. The molecule has 0 aliphatic rings. The topological polar surface area (TPSA) is 0 Å². The molecular formula is C8H5. The maximum absolute atomic E-state index is 6.35. The summed E-state index contributed by atoms with van der Waals surface area (Å²) in [7, 11) is 0. The van der Waals surface area contributed by atoms with E-state index in [9.17, 15) is 0 Å². The van der Waals surface area contributed by atoms with Gasteiger partial charge in [0, 0.05) is 6.42 Å². The normalized spacial score (nSPS) is 4.50. The van der Waals surface area contributed by atoms with Gasteiger partial charge < -0.3 is 0 Å². The summed E-state index contributed by atoms with van der Waals surface area (Å²) in [6.45, 7) is 1.95. The molecule has 8 heavy (non-hydrogen) atoms. The highest BCUT2D eigenvalue weighted by atomic mass is 13.6. The summed E-state index contributed by atoms with van der Waals surface area (Å²) in [5.41, 5.74) is 0. The van der Waals surface area contributed by atoms with Gasteiger partial charge in [0.2, 0.25) is 0 Å². The van der Waals surface area contributed by atoms with Crippen molar-refractivity contribution >= 4 is 0 Å². The van der Waals surface area contributed by atoms with E-state index in [1.165, 1.54) is 0 Å². The Morgan fingerprint density at radius 1 is 1.25 bits per heavy atom. The quantitative estimate of drug-likeness (QED) is 0.399. The van der Waals surface area contributed by atoms with Gasteiger partial charge in [-0.1, -0.05) is 12.8 Å². The van der Waals surface area contributed by atoms with Gasteiger partial charge in [0.1, 0.15) is 0 Å². The van der Waals surface area contributed by atoms with Crippen molar-refractivity contribution < 1.29 is 0 Å². The molecule has 0 aliphatic heterocycles. The fourth-order valence-electron chi connectivity index (χ4n) is 0.195. The molecule has 0 saturated heterocycles. The zero-order valence-electron chi connectivity index (χ0n) is 4.71. The number of rotatable bonds is 0. The van der Waals surface area contributed by atoms with E-state index in [0.29, 0.717) is 0 Å². The van der Waals surface area contributed by atoms with Gasteiger partial charge in [-0.25, -0.2) is 0 Å². The maximum Gasteiger partial charge on any atom is 0.00704 e. The van der Waals surface area contributed by atoms with Gasteiger partial charge in [-0.3, -0.25) is 0 Å². The molecule has 0 spiro atoms. The Hall–Kier alpha value is -1.32. The summed E-state index contributed by atoms with van der Waals surface area (Å²) < 4.78 is 0. The van der Waals surface area contributed by atoms with Crippen LogP contribution >= 0.6 is 0 Å². The molecule has 0 N–H and O–H groups in total.